The third kappa shape index (κ3) is 2.52. The molecule has 0 aromatic heterocycles. The fourth-order valence-corrected chi connectivity index (χ4v) is 2.22. The molecule has 1 N–H and O–H groups in total. The Balaban J connectivity index is 3.15. The summed E-state index contributed by atoms with van der Waals surface area (Å²) in [5.41, 5.74) is 0. The Kier molecular flexibility index (Phi) is 3.63. The first kappa shape index (κ1) is 11.6. The van der Waals surface area contributed by atoms with Crippen LogP contribution in [0.15, 0.2) is 27.6 Å². The highest BCUT2D eigenvalue weighted by molar-refractivity contribution is 9.10. The lowest BCUT2D eigenvalue weighted by Crippen LogP contribution is -2.23. The SMILES string of the molecule is CCNS(=O)(=O)c1ccc(Br)c(F)c1. The van der Waals surface area contributed by atoms with Gasteiger partial charge in [-0.2, -0.15) is 0 Å². The van der Waals surface area contributed by atoms with Crippen LogP contribution in [0.3, 0.4) is 0 Å². The average Bonchev–Trinajstić information content (AvgIpc) is 2.09. The van der Waals surface area contributed by atoms with Gasteiger partial charge in [0, 0.05) is 6.54 Å². The molecule has 78 valence electrons. The van der Waals surface area contributed by atoms with Gasteiger partial charge in [-0.1, -0.05) is 6.92 Å². The van der Waals surface area contributed by atoms with E-state index in [0.29, 0.717) is 0 Å². The van der Waals surface area contributed by atoms with Crippen molar-refractivity contribution >= 4 is 26.0 Å². The van der Waals surface area contributed by atoms with Crippen molar-refractivity contribution in [1.29, 1.82) is 0 Å². The molecule has 0 fully saturated rings. The third-order valence-electron chi connectivity index (χ3n) is 1.54. The maximum Gasteiger partial charge on any atom is 0.240 e. The lowest BCUT2D eigenvalue weighted by Gasteiger charge is -2.04. The molecular weight excluding hydrogens is 273 g/mol. The summed E-state index contributed by atoms with van der Waals surface area (Å²) in [7, 11) is -3.56. The minimum absolute atomic E-state index is 0.0694. The molecule has 0 spiro atoms. The van der Waals surface area contributed by atoms with Crippen LogP contribution in [0.25, 0.3) is 0 Å². The van der Waals surface area contributed by atoms with Crippen LogP contribution >= 0.6 is 15.9 Å². The van der Waals surface area contributed by atoms with E-state index in [4.69, 9.17) is 0 Å². The van der Waals surface area contributed by atoms with Gasteiger partial charge in [0.25, 0.3) is 0 Å². The lowest BCUT2D eigenvalue weighted by atomic mass is 10.3. The van der Waals surface area contributed by atoms with Gasteiger partial charge in [-0.05, 0) is 34.1 Å². The summed E-state index contributed by atoms with van der Waals surface area (Å²) in [4.78, 5) is -0.0694. The van der Waals surface area contributed by atoms with Crippen molar-refractivity contribution in [3.05, 3.63) is 28.5 Å². The smallest absolute Gasteiger partial charge is 0.211 e. The molecule has 0 aliphatic heterocycles. The summed E-state index contributed by atoms with van der Waals surface area (Å²) in [5, 5.41) is 0. The summed E-state index contributed by atoms with van der Waals surface area (Å²) >= 11 is 2.94. The first-order valence-electron chi connectivity index (χ1n) is 3.92. The van der Waals surface area contributed by atoms with Crippen LogP contribution in [0.5, 0.6) is 0 Å². The number of sulfonamides is 1. The van der Waals surface area contributed by atoms with Gasteiger partial charge in [0.05, 0.1) is 9.37 Å². The molecular formula is C8H9BrFNO2S. The van der Waals surface area contributed by atoms with E-state index < -0.39 is 15.8 Å². The highest BCUT2D eigenvalue weighted by atomic mass is 79.9. The van der Waals surface area contributed by atoms with E-state index in [-0.39, 0.29) is 15.9 Å². The van der Waals surface area contributed by atoms with E-state index in [9.17, 15) is 12.8 Å². The molecule has 1 aromatic rings. The molecule has 0 amide bonds. The van der Waals surface area contributed by atoms with Gasteiger partial charge in [-0.3, -0.25) is 0 Å². The summed E-state index contributed by atoms with van der Waals surface area (Å²) in [6.45, 7) is 1.94. The van der Waals surface area contributed by atoms with Gasteiger partial charge in [0.2, 0.25) is 10.0 Å². The van der Waals surface area contributed by atoms with Crippen molar-refractivity contribution in [3.63, 3.8) is 0 Å². The van der Waals surface area contributed by atoms with E-state index in [0.717, 1.165) is 6.07 Å². The molecule has 0 heterocycles. The topological polar surface area (TPSA) is 46.2 Å². The molecule has 3 nitrogen and oxygen atoms in total. The maximum atomic E-state index is 13.0. The van der Waals surface area contributed by atoms with E-state index >= 15 is 0 Å². The quantitative estimate of drug-likeness (QED) is 0.920. The number of benzene rings is 1. The van der Waals surface area contributed by atoms with Crippen LogP contribution in [0, 0.1) is 5.82 Å². The van der Waals surface area contributed by atoms with Gasteiger partial charge >= 0.3 is 0 Å². The van der Waals surface area contributed by atoms with Crippen LogP contribution in [-0.4, -0.2) is 15.0 Å². The molecule has 0 saturated heterocycles. The maximum absolute atomic E-state index is 13.0. The summed E-state index contributed by atoms with van der Waals surface area (Å²) in [6.07, 6.45) is 0. The molecule has 0 saturated carbocycles. The molecule has 14 heavy (non-hydrogen) atoms. The van der Waals surface area contributed by atoms with E-state index in [1.54, 1.807) is 6.92 Å². The summed E-state index contributed by atoms with van der Waals surface area (Å²) in [5.74, 6) is -0.594. The van der Waals surface area contributed by atoms with Gasteiger partial charge in [0.1, 0.15) is 5.82 Å². The molecule has 0 aliphatic carbocycles. The van der Waals surface area contributed by atoms with E-state index in [2.05, 4.69) is 20.7 Å². The first-order valence-corrected chi connectivity index (χ1v) is 6.19. The molecule has 1 rings (SSSR count). The Hall–Kier alpha value is -0.460. The normalized spacial score (nSPS) is 11.6. The molecule has 0 atom stereocenters. The number of rotatable bonds is 3. The van der Waals surface area contributed by atoms with Gasteiger partial charge in [0.15, 0.2) is 0 Å². The monoisotopic (exact) mass is 281 g/mol. The van der Waals surface area contributed by atoms with Gasteiger partial charge < -0.3 is 0 Å². The fourth-order valence-electron chi connectivity index (χ4n) is 0.917. The summed E-state index contributed by atoms with van der Waals surface area (Å²) < 4.78 is 38.3. The van der Waals surface area contributed by atoms with Crippen molar-refractivity contribution in [2.24, 2.45) is 0 Å². The number of hydrogen-bond acceptors (Lipinski definition) is 2. The first-order chi connectivity index (χ1) is 6.47. The molecule has 0 bridgehead atoms. The highest BCUT2D eigenvalue weighted by Crippen LogP contribution is 2.18. The molecule has 0 unspecified atom stereocenters. The van der Waals surface area contributed by atoms with Crippen molar-refractivity contribution in [2.45, 2.75) is 11.8 Å². The van der Waals surface area contributed by atoms with Crippen molar-refractivity contribution in [1.82, 2.24) is 4.72 Å². The Morgan fingerprint density at radius 3 is 2.64 bits per heavy atom. The molecule has 0 radical (unpaired) electrons. The zero-order valence-electron chi connectivity index (χ0n) is 7.42. The van der Waals surface area contributed by atoms with E-state index in [1.165, 1.54) is 12.1 Å². The second-order valence-electron chi connectivity index (χ2n) is 2.58. The number of nitrogens with one attached hydrogen (secondary N) is 1. The van der Waals surface area contributed by atoms with Gasteiger partial charge in [-0.15, -0.1) is 0 Å². The Morgan fingerprint density at radius 2 is 2.14 bits per heavy atom. The summed E-state index contributed by atoms with van der Waals surface area (Å²) in [6, 6.07) is 3.67. The fraction of sp³-hybridized carbons (Fsp3) is 0.250. The predicted molar refractivity (Wildman–Crippen MR) is 55.0 cm³/mol. The van der Waals surface area contributed by atoms with Crippen LogP contribution in [0.1, 0.15) is 6.92 Å². The molecule has 0 aliphatic rings. The Morgan fingerprint density at radius 1 is 1.50 bits per heavy atom. The third-order valence-corrected chi connectivity index (χ3v) is 3.72. The van der Waals surface area contributed by atoms with Crippen LogP contribution in [0.4, 0.5) is 4.39 Å². The van der Waals surface area contributed by atoms with Crippen LogP contribution in [-0.2, 0) is 10.0 Å². The standard InChI is InChI=1S/C8H9BrFNO2S/c1-2-11-14(12,13)6-3-4-7(9)8(10)5-6/h3-5,11H,2H2,1H3. The number of halogens is 2. The van der Waals surface area contributed by atoms with E-state index in [1.807, 2.05) is 0 Å². The lowest BCUT2D eigenvalue weighted by molar-refractivity contribution is 0.579. The predicted octanol–water partition coefficient (Wildman–Crippen LogP) is 1.89. The van der Waals surface area contributed by atoms with Crippen LogP contribution in [0.2, 0.25) is 0 Å². The Bertz CT molecular complexity index is 433. The van der Waals surface area contributed by atoms with Crippen molar-refractivity contribution in [2.75, 3.05) is 6.54 Å². The second kappa shape index (κ2) is 4.37. The molecule has 1 aromatic carbocycles. The second-order valence-corrected chi connectivity index (χ2v) is 5.20. The Labute approximate surface area is 90.5 Å². The van der Waals surface area contributed by atoms with Crippen molar-refractivity contribution < 1.29 is 12.8 Å². The molecule has 6 heteroatoms. The average molecular weight is 282 g/mol. The largest absolute Gasteiger partial charge is 0.240 e. The van der Waals surface area contributed by atoms with Gasteiger partial charge in [-0.25, -0.2) is 17.5 Å². The minimum Gasteiger partial charge on any atom is -0.211 e. The zero-order valence-corrected chi connectivity index (χ0v) is 9.82. The zero-order chi connectivity index (χ0) is 10.8. The van der Waals surface area contributed by atoms with Crippen LogP contribution < -0.4 is 4.72 Å². The van der Waals surface area contributed by atoms with Crippen molar-refractivity contribution in [3.8, 4) is 0 Å². The number of hydrogen-bond donors (Lipinski definition) is 1. The minimum atomic E-state index is -3.56. The highest BCUT2D eigenvalue weighted by Gasteiger charge is 2.13.